The van der Waals surface area contributed by atoms with Crippen molar-refractivity contribution in [1.82, 2.24) is 4.90 Å². The van der Waals surface area contributed by atoms with E-state index < -0.39 is 0 Å². The third-order valence-corrected chi connectivity index (χ3v) is 6.07. The van der Waals surface area contributed by atoms with Crippen LogP contribution < -0.4 is 10.2 Å². The monoisotopic (exact) mass is 391 g/mol. The summed E-state index contributed by atoms with van der Waals surface area (Å²) in [6.45, 7) is 8.02. The average molecular weight is 392 g/mol. The van der Waals surface area contributed by atoms with Crippen LogP contribution in [0.25, 0.3) is 0 Å². The molecule has 2 aliphatic heterocycles. The summed E-state index contributed by atoms with van der Waals surface area (Å²) in [6.07, 6.45) is 3.28. The summed E-state index contributed by atoms with van der Waals surface area (Å²) in [5.74, 6) is 0.391. The molecule has 1 unspecified atom stereocenters. The summed E-state index contributed by atoms with van der Waals surface area (Å²) in [5.41, 5.74) is 4.17. The second kappa shape index (κ2) is 7.90. The predicted octanol–water partition coefficient (Wildman–Crippen LogP) is 4.85. The number of anilines is 2. The Morgan fingerprint density at radius 2 is 1.90 bits per heavy atom. The van der Waals surface area contributed by atoms with Gasteiger partial charge < -0.3 is 15.1 Å². The minimum absolute atomic E-state index is 0.0885. The quantitative estimate of drug-likeness (QED) is 0.810. The van der Waals surface area contributed by atoms with Gasteiger partial charge >= 0.3 is 0 Å². The fourth-order valence-electron chi connectivity index (χ4n) is 4.42. The molecule has 5 heteroatoms. The molecule has 4 rings (SSSR count). The van der Waals surface area contributed by atoms with E-state index in [1.165, 1.54) is 5.56 Å². The van der Waals surface area contributed by atoms with Gasteiger partial charge in [0.15, 0.2) is 0 Å². The van der Waals surface area contributed by atoms with E-state index in [2.05, 4.69) is 31.0 Å². The minimum Gasteiger partial charge on any atom is -0.351 e. The first-order valence-corrected chi connectivity index (χ1v) is 10.6. The highest BCUT2D eigenvalue weighted by atomic mass is 16.2. The van der Waals surface area contributed by atoms with E-state index in [1.54, 1.807) is 6.07 Å². The molecular formula is C24H29N3O2. The number of nitrogens with one attached hydrogen (secondary N) is 1. The Morgan fingerprint density at radius 1 is 1.14 bits per heavy atom. The largest absolute Gasteiger partial charge is 0.351 e. The van der Waals surface area contributed by atoms with Gasteiger partial charge in [-0.1, -0.05) is 26.0 Å². The molecule has 1 saturated heterocycles. The number of rotatable bonds is 4. The van der Waals surface area contributed by atoms with Crippen LogP contribution >= 0.6 is 0 Å². The number of fused-ring (bicyclic) bond motifs is 2. The molecule has 0 aromatic heterocycles. The van der Waals surface area contributed by atoms with Gasteiger partial charge in [-0.25, -0.2) is 0 Å². The average Bonchev–Trinajstić information content (AvgIpc) is 2.74. The summed E-state index contributed by atoms with van der Waals surface area (Å²) in [4.78, 5) is 30.1. The molecule has 2 aromatic carbocycles. The number of hydrogen-bond acceptors (Lipinski definition) is 3. The van der Waals surface area contributed by atoms with Crippen LogP contribution in [0.15, 0.2) is 42.5 Å². The maximum Gasteiger partial charge on any atom is 0.257 e. The number of amides is 2. The summed E-state index contributed by atoms with van der Waals surface area (Å²) in [7, 11) is 0. The topological polar surface area (TPSA) is 52.7 Å². The van der Waals surface area contributed by atoms with E-state index in [1.807, 2.05) is 41.3 Å². The zero-order chi connectivity index (χ0) is 20.5. The van der Waals surface area contributed by atoms with E-state index in [9.17, 15) is 9.59 Å². The highest BCUT2D eigenvalue weighted by molar-refractivity contribution is 6.08. The standard InChI is InChI=1S/C24H29N3O2/c1-4-26-21-15-18(23(28)25-19-11-8-17(9-12-19)16(2)3)10-13-20(21)24(29)27-14-6-5-7-22(26)27/h8-13,15-16,22H,4-7,14H2,1-3H3,(H,25,28). The minimum atomic E-state index is -0.153. The zero-order valence-electron chi connectivity index (χ0n) is 17.4. The molecule has 2 aromatic rings. The van der Waals surface area contributed by atoms with Gasteiger partial charge in [0.05, 0.1) is 11.3 Å². The van der Waals surface area contributed by atoms with Crippen LogP contribution in [-0.4, -0.2) is 36.0 Å². The van der Waals surface area contributed by atoms with E-state index in [0.717, 1.165) is 43.7 Å². The summed E-state index contributed by atoms with van der Waals surface area (Å²) < 4.78 is 0. The Labute approximate surface area is 172 Å². The van der Waals surface area contributed by atoms with Gasteiger partial charge in [0.1, 0.15) is 6.17 Å². The van der Waals surface area contributed by atoms with Gasteiger partial charge in [0.25, 0.3) is 11.8 Å². The van der Waals surface area contributed by atoms with E-state index in [-0.39, 0.29) is 18.0 Å². The van der Waals surface area contributed by atoms with Crippen molar-refractivity contribution >= 4 is 23.2 Å². The van der Waals surface area contributed by atoms with Crippen LogP contribution in [0.2, 0.25) is 0 Å². The number of carbonyl (C=O) groups excluding carboxylic acids is 2. The van der Waals surface area contributed by atoms with Crippen molar-refractivity contribution in [2.45, 2.75) is 52.1 Å². The molecule has 5 nitrogen and oxygen atoms in total. The van der Waals surface area contributed by atoms with Gasteiger partial charge in [0, 0.05) is 24.3 Å². The molecule has 2 aliphatic rings. The fourth-order valence-corrected chi connectivity index (χ4v) is 4.42. The van der Waals surface area contributed by atoms with Crippen molar-refractivity contribution in [1.29, 1.82) is 0 Å². The van der Waals surface area contributed by atoms with Crippen molar-refractivity contribution in [3.8, 4) is 0 Å². The molecule has 0 spiro atoms. The number of nitrogens with zero attached hydrogens (tertiary/aromatic N) is 2. The van der Waals surface area contributed by atoms with Gasteiger partial charge in [0.2, 0.25) is 0 Å². The lowest BCUT2D eigenvalue weighted by atomic mass is 9.97. The number of carbonyl (C=O) groups is 2. The molecule has 2 heterocycles. The van der Waals surface area contributed by atoms with Crippen molar-refractivity contribution in [2.75, 3.05) is 23.3 Å². The number of hydrogen-bond donors (Lipinski definition) is 1. The third-order valence-electron chi connectivity index (χ3n) is 6.07. The Bertz CT molecular complexity index is 920. The zero-order valence-corrected chi connectivity index (χ0v) is 17.4. The molecule has 1 N–H and O–H groups in total. The SMILES string of the molecule is CCN1c2cc(C(=O)Nc3ccc(C(C)C)cc3)ccc2C(=O)N2CCCCC21. The van der Waals surface area contributed by atoms with Crippen molar-refractivity contribution in [3.63, 3.8) is 0 Å². The van der Waals surface area contributed by atoms with Crippen molar-refractivity contribution in [3.05, 3.63) is 59.2 Å². The highest BCUT2D eigenvalue weighted by Crippen LogP contribution is 2.35. The fraction of sp³-hybridized carbons (Fsp3) is 0.417. The predicted molar refractivity (Wildman–Crippen MR) is 117 cm³/mol. The summed E-state index contributed by atoms with van der Waals surface area (Å²) >= 11 is 0. The Kier molecular flexibility index (Phi) is 5.31. The van der Waals surface area contributed by atoms with Crippen LogP contribution in [0, 0.1) is 0 Å². The molecule has 29 heavy (non-hydrogen) atoms. The van der Waals surface area contributed by atoms with E-state index in [0.29, 0.717) is 17.0 Å². The summed E-state index contributed by atoms with van der Waals surface area (Å²) in [6, 6.07) is 13.4. The lowest BCUT2D eigenvalue weighted by Gasteiger charge is -2.47. The van der Waals surface area contributed by atoms with Gasteiger partial charge in [-0.05, 0) is 68.0 Å². The molecule has 0 aliphatic carbocycles. The first kappa shape index (κ1) is 19.5. The van der Waals surface area contributed by atoms with Crippen LogP contribution in [0.4, 0.5) is 11.4 Å². The highest BCUT2D eigenvalue weighted by Gasteiger charge is 2.38. The van der Waals surface area contributed by atoms with Crippen molar-refractivity contribution < 1.29 is 9.59 Å². The Hall–Kier alpha value is -2.82. The molecule has 1 fully saturated rings. The van der Waals surface area contributed by atoms with Crippen LogP contribution in [0.1, 0.15) is 72.2 Å². The second-order valence-corrected chi connectivity index (χ2v) is 8.22. The molecule has 0 bridgehead atoms. The van der Waals surface area contributed by atoms with Gasteiger partial charge in [-0.15, -0.1) is 0 Å². The number of piperidine rings is 1. The maximum absolute atomic E-state index is 13.0. The maximum atomic E-state index is 13.0. The molecule has 0 radical (unpaired) electrons. The Morgan fingerprint density at radius 3 is 2.59 bits per heavy atom. The van der Waals surface area contributed by atoms with Crippen LogP contribution in [0.5, 0.6) is 0 Å². The lowest BCUT2D eigenvalue weighted by molar-refractivity contribution is 0.0582. The first-order chi connectivity index (χ1) is 14.0. The summed E-state index contributed by atoms with van der Waals surface area (Å²) in [5, 5.41) is 2.98. The van der Waals surface area contributed by atoms with Crippen LogP contribution in [-0.2, 0) is 0 Å². The number of benzene rings is 2. The third kappa shape index (κ3) is 3.61. The van der Waals surface area contributed by atoms with Gasteiger partial charge in [-0.2, -0.15) is 0 Å². The smallest absolute Gasteiger partial charge is 0.257 e. The Balaban J connectivity index is 1.60. The molecule has 1 atom stereocenters. The van der Waals surface area contributed by atoms with E-state index >= 15 is 0 Å². The van der Waals surface area contributed by atoms with Crippen LogP contribution in [0.3, 0.4) is 0 Å². The lowest BCUT2D eigenvalue weighted by Crippen LogP contribution is -2.57. The van der Waals surface area contributed by atoms with Crippen molar-refractivity contribution in [2.24, 2.45) is 0 Å². The van der Waals surface area contributed by atoms with E-state index in [4.69, 9.17) is 0 Å². The molecule has 0 saturated carbocycles. The normalized spacial score (nSPS) is 18.5. The molecular weight excluding hydrogens is 362 g/mol. The first-order valence-electron chi connectivity index (χ1n) is 10.6. The molecule has 152 valence electrons. The second-order valence-electron chi connectivity index (χ2n) is 8.22. The molecule has 2 amide bonds. The van der Waals surface area contributed by atoms with Gasteiger partial charge in [-0.3, -0.25) is 9.59 Å².